The van der Waals surface area contributed by atoms with Crippen molar-refractivity contribution >= 4 is 27.4 Å². The molecule has 2 heterocycles. The van der Waals surface area contributed by atoms with Crippen LogP contribution in [-0.2, 0) is 14.8 Å². The number of rotatable bonds is 2. The minimum Gasteiger partial charge on any atom is -0.321 e. The lowest BCUT2D eigenvalue weighted by atomic mass is 10.2. The Bertz CT molecular complexity index is 993. The van der Waals surface area contributed by atoms with Crippen LogP contribution >= 0.6 is 0 Å². The van der Waals surface area contributed by atoms with Gasteiger partial charge in [-0.25, -0.2) is 17.7 Å². The Morgan fingerprint density at radius 2 is 2.00 bits per heavy atom. The summed E-state index contributed by atoms with van der Waals surface area (Å²) in [6.07, 6.45) is 1.50. The molecule has 122 valence electrons. The van der Waals surface area contributed by atoms with Crippen LogP contribution in [0, 0.1) is 25.2 Å². The van der Waals surface area contributed by atoms with E-state index in [4.69, 9.17) is 5.26 Å². The van der Waals surface area contributed by atoms with Crippen LogP contribution < -0.4 is 9.62 Å². The molecule has 8 heteroatoms. The predicted molar refractivity (Wildman–Crippen MR) is 88.0 cm³/mol. The third-order valence-corrected chi connectivity index (χ3v) is 5.70. The van der Waals surface area contributed by atoms with E-state index >= 15 is 0 Å². The summed E-state index contributed by atoms with van der Waals surface area (Å²) in [6, 6.07) is 7.99. The third-order valence-electron chi connectivity index (χ3n) is 3.80. The Hall–Kier alpha value is -2.92. The molecule has 2 aromatic rings. The molecule has 0 saturated carbocycles. The molecule has 0 spiro atoms. The van der Waals surface area contributed by atoms with Gasteiger partial charge in [0.15, 0.2) is 5.82 Å². The minimum atomic E-state index is -3.98. The fourth-order valence-electron chi connectivity index (χ4n) is 2.60. The maximum atomic E-state index is 13.1. The molecule has 0 bridgehead atoms. The van der Waals surface area contributed by atoms with Gasteiger partial charge >= 0.3 is 0 Å². The molecular weight excluding hydrogens is 328 g/mol. The first-order valence-electron chi connectivity index (χ1n) is 7.13. The van der Waals surface area contributed by atoms with Gasteiger partial charge < -0.3 is 5.32 Å². The van der Waals surface area contributed by atoms with Gasteiger partial charge in [0.2, 0.25) is 5.91 Å². The number of hydrogen-bond acceptors (Lipinski definition) is 5. The molecule has 1 N–H and O–H groups in total. The average Bonchev–Trinajstić information content (AvgIpc) is 2.54. The zero-order valence-electron chi connectivity index (χ0n) is 13.1. The van der Waals surface area contributed by atoms with Gasteiger partial charge in [-0.2, -0.15) is 5.26 Å². The number of sulfonamides is 1. The number of fused-ring (bicyclic) bond motifs is 1. The highest BCUT2D eigenvalue weighted by Crippen LogP contribution is 2.34. The summed E-state index contributed by atoms with van der Waals surface area (Å²) in [6.45, 7) is 3.04. The largest absolute Gasteiger partial charge is 0.321 e. The van der Waals surface area contributed by atoms with Crippen molar-refractivity contribution in [1.29, 1.82) is 5.26 Å². The number of anilines is 2. The summed E-state index contributed by atoms with van der Waals surface area (Å²) in [5.74, 6) is -0.230. The highest BCUT2D eigenvalue weighted by Gasteiger charge is 2.35. The van der Waals surface area contributed by atoms with E-state index in [-0.39, 0.29) is 17.3 Å². The van der Waals surface area contributed by atoms with Gasteiger partial charge in [-0.05, 0) is 49.2 Å². The van der Waals surface area contributed by atoms with E-state index in [1.54, 1.807) is 19.9 Å². The van der Waals surface area contributed by atoms with Gasteiger partial charge in [0.05, 0.1) is 22.2 Å². The number of pyridine rings is 1. The van der Waals surface area contributed by atoms with Gasteiger partial charge in [-0.1, -0.05) is 0 Å². The van der Waals surface area contributed by atoms with Crippen LogP contribution in [0.5, 0.6) is 0 Å². The van der Waals surface area contributed by atoms with E-state index in [1.165, 1.54) is 24.4 Å². The van der Waals surface area contributed by atoms with Crippen LogP contribution in [0.1, 0.15) is 16.7 Å². The van der Waals surface area contributed by atoms with Gasteiger partial charge in [0, 0.05) is 6.20 Å². The predicted octanol–water partition coefficient (Wildman–Crippen LogP) is 1.72. The number of hydrogen-bond donors (Lipinski definition) is 1. The number of benzene rings is 1. The Morgan fingerprint density at radius 1 is 1.25 bits per heavy atom. The number of aryl methyl sites for hydroxylation is 2. The van der Waals surface area contributed by atoms with Crippen molar-refractivity contribution in [2.24, 2.45) is 0 Å². The normalized spacial score (nSPS) is 13.9. The molecule has 0 saturated heterocycles. The highest BCUT2D eigenvalue weighted by atomic mass is 32.2. The van der Waals surface area contributed by atoms with Crippen molar-refractivity contribution in [3.8, 4) is 6.07 Å². The van der Waals surface area contributed by atoms with Crippen molar-refractivity contribution in [2.45, 2.75) is 18.7 Å². The zero-order chi connectivity index (χ0) is 17.5. The Balaban J connectivity index is 2.17. The molecule has 0 fully saturated rings. The fourth-order valence-corrected chi connectivity index (χ4v) is 4.19. The first kappa shape index (κ1) is 16.0. The van der Waals surface area contributed by atoms with Gasteiger partial charge in [0.25, 0.3) is 10.0 Å². The van der Waals surface area contributed by atoms with E-state index < -0.39 is 15.9 Å². The zero-order valence-corrected chi connectivity index (χ0v) is 13.9. The molecule has 24 heavy (non-hydrogen) atoms. The first-order chi connectivity index (χ1) is 11.3. The second kappa shape index (κ2) is 5.62. The van der Waals surface area contributed by atoms with Gasteiger partial charge in [-0.15, -0.1) is 0 Å². The molecule has 3 rings (SSSR count). The molecule has 1 aromatic heterocycles. The second-order valence-corrected chi connectivity index (χ2v) is 7.31. The number of carbonyl (C=O) groups excluding carboxylic acids is 1. The molecule has 1 amide bonds. The standard InChI is InChI=1S/C16H14N4O3S/c1-10-5-6-18-16-15(10)19-14(21)9-20(16)24(22,23)13-4-3-12(8-17)7-11(13)2/h3-7H,9H2,1-2H3,(H,19,21). The second-order valence-electron chi connectivity index (χ2n) is 5.48. The van der Waals surface area contributed by atoms with Crippen LogP contribution in [0.4, 0.5) is 11.5 Å². The van der Waals surface area contributed by atoms with E-state index in [0.29, 0.717) is 16.8 Å². The maximum absolute atomic E-state index is 13.1. The van der Waals surface area contributed by atoms with Crippen LogP contribution in [0.3, 0.4) is 0 Å². The topological polar surface area (TPSA) is 103 Å². The summed E-state index contributed by atoms with van der Waals surface area (Å²) in [7, 11) is -3.98. The van der Waals surface area contributed by atoms with Crippen molar-refractivity contribution in [2.75, 3.05) is 16.2 Å². The van der Waals surface area contributed by atoms with Crippen LogP contribution in [0.15, 0.2) is 35.4 Å². The fraction of sp³-hybridized carbons (Fsp3) is 0.188. The molecule has 0 radical (unpaired) electrons. The summed E-state index contributed by atoms with van der Waals surface area (Å²) in [5.41, 5.74) is 1.93. The lowest BCUT2D eigenvalue weighted by molar-refractivity contribution is -0.115. The van der Waals surface area contributed by atoms with Crippen molar-refractivity contribution in [1.82, 2.24) is 4.98 Å². The molecule has 0 aliphatic carbocycles. The number of nitriles is 1. The molecule has 1 aliphatic rings. The minimum absolute atomic E-state index is 0.0467. The quantitative estimate of drug-likeness (QED) is 0.895. The Morgan fingerprint density at radius 3 is 2.67 bits per heavy atom. The van der Waals surface area contributed by atoms with Crippen LogP contribution in [0.2, 0.25) is 0 Å². The summed E-state index contributed by atoms with van der Waals surface area (Å²) in [5, 5.41) is 11.6. The highest BCUT2D eigenvalue weighted by molar-refractivity contribution is 7.93. The summed E-state index contributed by atoms with van der Waals surface area (Å²) < 4.78 is 27.1. The monoisotopic (exact) mass is 342 g/mol. The molecule has 7 nitrogen and oxygen atoms in total. The number of amides is 1. The maximum Gasteiger partial charge on any atom is 0.266 e. The number of nitrogens with one attached hydrogen (secondary N) is 1. The third kappa shape index (κ3) is 2.49. The van der Waals surface area contributed by atoms with E-state index in [2.05, 4.69) is 10.3 Å². The molecule has 1 aromatic carbocycles. The lowest BCUT2D eigenvalue weighted by Gasteiger charge is -2.30. The summed E-state index contributed by atoms with van der Waals surface area (Å²) >= 11 is 0. The SMILES string of the molecule is Cc1cc(C#N)ccc1S(=O)(=O)N1CC(=O)Nc2c(C)ccnc21. The first-order valence-corrected chi connectivity index (χ1v) is 8.57. The van der Waals surface area contributed by atoms with Crippen molar-refractivity contribution in [3.05, 3.63) is 47.2 Å². The molecule has 1 aliphatic heterocycles. The smallest absolute Gasteiger partial charge is 0.266 e. The van der Waals surface area contributed by atoms with E-state index in [9.17, 15) is 13.2 Å². The Labute approximate surface area is 139 Å². The van der Waals surface area contributed by atoms with Gasteiger partial charge in [-0.3, -0.25) is 4.79 Å². The van der Waals surface area contributed by atoms with Crippen LogP contribution in [0.25, 0.3) is 0 Å². The van der Waals surface area contributed by atoms with E-state index in [1.807, 2.05) is 6.07 Å². The summed E-state index contributed by atoms with van der Waals surface area (Å²) in [4.78, 5) is 16.1. The Kier molecular flexibility index (Phi) is 3.73. The van der Waals surface area contributed by atoms with Crippen LogP contribution in [-0.4, -0.2) is 25.9 Å². The molecular formula is C16H14N4O3S. The molecule has 0 atom stereocenters. The number of nitrogens with zero attached hydrogens (tertiary/aromatic N) is 3. The number of carbonyl (C=O) groups is 1. The van der Waals surface area contributed by atoms with Crippen molar-refractivity contribution < 1.29 is 13.2 Å². The number of aromatic nitrogens is 1. The molecule has 0 unspecified atom stereocenters. The van der Waals surface area contributed by atoms with E-state index in [0.717, 1.165) is 9.87 Å². The van der Waals surface area contributed by atoms with Gasteiger partial charge in [0.1, 0.15) is 6.54 Å². The van der Waals surface area contributed by atoms with Crippen molar-refractivity contribution in [3.63, 3.8) is 0 Å². The average molecular weight is 342 g/mol. The lowest BCUT2D eigenvalue weighted by Crippen LogP contribution is -2.43.